The van der Waals surface area contributed by atoms with Crippen molar-refractivity contribution in [3.63, 3.8) is 0 Å². The van der Waals surface area contributed by atoms with Crippen LogP contribution in [0, 0.1) is 3.57 Å². The number of piperazine rings is 1. The Bertz CT molecular complexity index is 1110. The maximum Gasteiger partial charge on any atom is 0.269 e. The van der Waals surface area contributed by atoms with Gasteiger partial charge in [-0.1, -0.05) is 12.1 Å². The second-order valence-electron chi connectivity index (χ2n) is 6.79. The summed E-state index contributed by atoms with van der Waals surface area (Å²) in [5.41, 5.74) is 1.66. The Hall–Kier alpha value is -1.62. The number of aromatic nitrogens is 1. The molecule has 1 saturated heterocycles. The van der Waals surface area contributed by atoms with Gasteiger partial charge in [-0.15, -0.1) is 0 Å². The van der Waals surface area contributed by atoms with E-state index in [1.54, 1.807) is 31.5 Å². The van der Waals surface area contributed by atoms with Crippen molar-refractivity contribution in [2.24, 2.45) is 0 Å². The minimum absolute atomic E-state index is 0.317. The fourth-order valence-electron chi connectivity index (χ4n) is 3.57. The lowest BCUT2D eigenvalue weighted by molar-refractivity contribution is 0.234. The number of ether oxygens (including phenoxy) is 1. The zero-order valence-corrected chi connectivity index (χ0v) is 18.5. The molecular formula is C20H22IN3O3S. The molecule has 28 heavy (non-hydrogen) atoms. The van der Waals surface area contributed by atoms with Crippen LogP contribution in [0.3, 0.4) is 0 Å². The summed E-state index contributed by atoms with van der Waals surface area (Å²) in [6.45, 7) is 4.49. The zero-order valence-electron chi connectivity index (χ0n) is 15.6. The Balaban J connectivity index is 1.85. The zero-order chi connectivity index (χ0) is 19.7. The number of nitrogens with one attached hydrogen (secondary N) is 1. The van der Waals surface area contributed by atoms with E-state index in [-0.39, 0.29) is 0 Å². The first-order chi connectivity index (χ1) is 13.5. The Labute approximate surface area is 178 Å². The van der Waals surface area contributed by atoms with E-state index in [1.807, 2.05) is 24.3 Å². The van der Waals surface area contributed by atoms with E-state index in [4.69, 9.17) is 4.74 Å². The second-order valence-corrected chi connectivity index (χ2v) is 9.74. The molecule has 1 aromatic heterocycles. The van der Waals surface area contributed by atoms with E-state index in [2.05, 4.69) is 32.8 Å². The number of benzene rings is 2. The Morgan fingerprint density at radius 1 is 1.14 bits per heavy atom. The summed E-state index contributed by atoms with van der Waals surface area (Å²) in [6, 6.07) is 12.6. The van der Waals surface area contributed by atoms with Crippen molar-refractivity contribution in [3.8, 4) is 5.75 Å². The van der Waals surface area contributed by atoms with Crippen LogP contribution in [0.2, 0.25) is 0 Å². The average Bonchev–Trinajstić information content (AvgIpc) is 3.07. The number of halogens is 1. The summed E-state index contributed by atoms with van der Waals surface area (Å²) in [6.07, 6.45) is 1.77. The van der Waals surface area contributed by atoms with Crippen molar-refractivity contribution in [3.05, 3.63) is 57.8 Å². The molecule has 1 aliphatic rings. The van der Waals surface area contributed by atoms with Crippen LogP contribution in [-0.2, 0) is 16.6 Å². The first-order valence-corrected chi connectivity index (χ1v) is 11.6. The number of hydrogen-bond acceptors (Lipinski definition) is 5. The number of nitrogens with zero attached hydrogens (tertiary/aromatic N) is 2. The lowest BCUT2D eigenvalue weighted by Gasteiger charge is -2.26. The molecule has 6 nitrogen and oxygen atoms in total. The third kappa shape index (κ3) is 3.66. The molecule has 0 atom stereocenters. The monoisotopic (exact) mass is 511 g/mol. The van der Waals surface area contributed by atoms with Gasteiger partial charge in [-0.2, -0.15) is 0 Å². The molecular weight excluding hydrogens is 489 g/mol. The molecule has 3 aromatic rings. The Morgan fingerprint density at radius 3 is 2.61 bits per heavy atom. The number of hydrogen-bond donors (Lipinski definition) is 1. The Morgan fingerprint density at radius 2 is 1.89 bits per heavy atom. The molecule has 2 aromatic carbocycles. The van der Waals surface area contributed by atoms with Crippen LogP contribution in [-0.4, -0.2) is 50.6 Å². The number of rotatable bonds is 5. The molecule has 0 amide bonds. The van der Waals surface area contributed by atoms with Gasteiger partial charge in [0.05, 0.1) is 12.6 Å². The van der Waals surface area contributed by atoms with Gasteiger partial charge >= 0.3 is 0 Å². The SMILES string of the molecule is COc1ccc2c(c1)c(CN1CCNCC1)cn2S(=O)(=O)c1ccccc1I. The fourth-order valence-corrected chi connectivity index (χ4v) is 6.25. The van der Waals surface area contributed by atoms with Gasteiger partial charge in [0, 0.05) is 47.9 Å². The highest BCUT2D eigenvalue weighted by molar-refractivity contribution is 14.1. The smallest absolute Gasteiger partial charge is 0.269 e. The van der Waals surface area contributed by atoms with Gasteiger partial charge in [-0.05, 0) is 58.5 Å². The molecule has 1 aliphatic heterocycles. The number of methoxy groups -OCH3 is 1. The van der Waals surface area contributed by atoms with Crippen molar-refractivity contribution in [2.45, 2.75) is 11.4 Å². The van der Waals surface area contributed by atoms with Gasteiger partial charge in [-0.25, -0.2) is 12.4 Å². The van der Waals surface area contributed by atoms with E-state index in [0.717, 1.165) is 42.9 Å². The molecule has 1 N–H and O–H groups in total. The Kier molecular flexibility index (Phi) is 5.64. The molecule has 4 rings (SSSR count). The minimum Gasteiger partial charge on any atom is -0.497 e. The summed E-state index contributed by atoms with van der Waals surface area (Å²) in [5, 5.41) is 4.26. The van der Waals surface area contributed by atoms with Gasteiger partial charge in [-0.3, -0.25) is 4.90 Å². The van der Waals surface area contributed by atoms with Crippen LogP contribution in [0.15, 0.2) is 53.6 Å². The molecule has 148 valence electrons. The minimum atomic E-state index is -3.70. The van der Waals surface area contributed by atoms with Crippen LogP contribution in [0.1, 0.15) is 5.56 Å². The quantitative estimate of drug-likeness (QED) is 0.534. The van der Waals surface area contributed by atoms with Gasteiger partial charge in [0.15, 0.2) is 0 Å². The van der Waals surface area contributed by atoms with E-state index in [9.17, 15) is 8.42 Å². The molecule has 0 bridgehead atoms. The predicted molar refractivity (Wildman–Crippen MR) is 118 cm³/mol. The highest BCUT2D eigenvalue weighted by atomic mass is 127. The third-order valence-electron chi connectivity index (χ3n) is 5.04. The van der Waals surface area contributed by atoms with Crippen molar-refractivity contribution in [2.75, 3.05) is 33.3 Å². The first kappa shape index (κ1) is 19.7. The lowest BCUT2D eigenvalue weighted by atomic mass is 10.1. The molecule has 0 radical (unpaired) electrons. The summed E-state index contributed by atoms with van der Waals surface area (Å²) in [4.78, 5) is 2.66. The van der Waals surface area contributed by atoms with E-state index in [0.29, 0.717) is 20.5 Å². The maximum atomic E-state index is 13.4. The molecule has 2 heterocycles. The normalized spacial score (nSPS) is 15.8. The lowest BCUT2D eigenvalue weighted by Crippen LogP contribution is -2.42. The summed E-state index contributed by atoms with van der Waals surface area (Å²) in [5.74, 6) is 0.721. The fraction of sp³-hybridized carbons (Fsp3) is 0.300. The molecule has 0 spiro atoms. The molecule has 0 unspecified atom stereocenters. The van der Waals surface area contributed by atoms with Gasteiger partial charge in [0.2, 0.25) is 0 Å². The van der Waals surface area contributed by atoms with Crippen LogP contribution in [0.25, 0.3) is 10.9 Å². The van der Waals surface area contributed by atoms with E-state index >= 15 is 0 Å². The van der Waals surface area contributed by atoms with Crippen molar-refractivity contribution < 1.29 is 13.2 Å². The molecule has 0 saturated carbocycles. The van der Waals surface area contributed by atoms with Crippen LogP contribution < -0.4 is 10.1 Å². The summed E-state index contributed by atoms with van der Waals surface area (Å²) in [7, 11) is -2.08. The van der Waals surface area contributed by atoms with Gasteiger partial charge in [0.25, 0.3) is 10.0 Å². The van der Waals surface area contributed by atoms with E-state index < -0.39 is 10.0 Å². The van der Waals surface area contributed by atoms with Crippen molar-refractivity contribution in [1.29, 1.82) is 0 Å². The van der Waals surface area contributed by atoms with Crippen molar-refractivity contribution in [1.82, 2.24) is 14.2 Å². The van der Waals surface area contributed by atoms with Crippen LogP contribution in [0.4, 0.5) is 0 Å². The van der Waals surface area contributed by atoms with Crippen LogP contribution in [0.5, 0.6) is 5.75 Å². The summed E-state index contributed by atoms with van der Waals surface area (Å²) < 4.78 is 34.4. The highest BCUT2D eigenvalue weighted by Gasteiger charge is 2.24. The maximum absolute atomic E-state index is 13.4. The molecule has 8 heteroatoms. The largest absolute Gasteiger partial charge is 0.497 e. The topological polar surface area (TPSA) is 63.6 Å². The van der Waals surface area contributed by atoms with Gasteiger partial charge < -0.3 is 10.1 Å². The molecule has 0 aliphatic carbocycles. The molecule has 1 fully saturated rings. The summed E-state index contributed by atoms with van der Waals surface area (Å²) >= 11 is 2.07. The number of fused-ring (bicyclic) bond motifs is 1. The van der Waals surface area contributed by atoms with Crippen LogP contribution >= 0.6 is 22.6 Å². The standard InChI is InChI=1S/C20H22IN3O3S/c1-27-16-6-7-19-17(12-16)15(13-23-10-8-22-9-11-23)14-24(19)28(25,26)20-5-3-2-4-18(20)21/h2-7,12,14,22H,8-11,13H2,1H3. The van der Waals surface area contributed by atoms with E-state index in [1.165, 1.54) is 3.97 Å². The van der Waals surface area contributed by atoms with Crippen molar-refractivity contribution >= 4 is 43.5 Å². The average molecular weight is 511 g/mol. The first-order valence-electron chi connectivity index (χ1n) is 9.12. The second kappa shape index (κ2) is 8.02. The highest BCUT2D eigenvalue weighted by Crippen LogP contribution is 2.31. The van der Waals surface area contributed by atoms with Gasteiger partial charge in [0.1, 0.15) is 10.6 Å². The predicted octanol–water partition coefficient (Wildman–Crippen LogP) is 2.90. The third-order valence-corrected chi connectivity index (χ3v) is 8.08.